The van der Waals surface area contributed by atoms with Crippen molar-refractivity contribution in [1.29, 1.82) is 5.26 Å². The van der Waals surface area contributed by atoms with Gasteiger partial charge in [-0.1, -0.05) is 0 Å². The molecule has 2 heterocycles. The van der Waals surface area contributed by atoms with Gasteiger partial charge in [-0.3, -0.25) is 5.32 Å². The Hall–Kier alpha value is -1.62. The fourth-order valence-electron chi connectivity index (χ4n) is 2.30. The summed E-state index contributed by atoms with van der Waals surface area (Å²) in [6.07, 6.45) is 0.686. The lowest BCUT2D eigenvalue weighted by Gasteiger charge is -2.29. The zero-order chi connectivity index (χ0) is 16.3. The van der Waals surface area contributed by atoms with Crippen LogP contribution in [0.2, 0.25) is 0 Å². The summed E-state index contributed by atoms with van der Waals surface area (Å²) in [7, 11) is 3.89. The van der Waals surface area contributed by atoms with Gasteiger partial charge < -0.3 is 15.0 Å². The fourth-order valence-corrected chi connectivity index (χ4v) is 3.38. The number of carbonyl (C=O) groups excluding carboxylic acids is 1. The van der Waals surface area contributed by atoms with Gasteiger partial charge in [0.05, 0.1) is 17.8 Å². The molecule has 1 aliphatic heterocycles. The predicted molar refractivity (Wildman–Crippen MR) is 87.2 cm³/mol. The summed E-state index contributed by atoms with van der Waals surface area (Å²) in [5.74, 6) is 0. The standard InChI is InChI=1S/C15H22N4O2S/c1-15(2)7-10-11(8-16)13(22-12(10)9-21-15)18-14(20)17-5-6-19(3)4/h5-7,9H2,1-4H3,(H2,17,18,20). The molecule has 0 fully saturated rings. The number of nitrogens with one attached hydrogen (secondary N) is 2. The summed E-state index contributed by atoms with van der Waals surface area (Å²) in [5.41, 5.74) is 1.30. The molecule has 1 aromatic rings. The second-order valence-electron chi connectivity index (χ2n) is 6.23. The van der Waals surface area contributed by atoms with Crippen molar-refractivity contribution in [2.75, 3.05) is 32.5 Å². The van der Waals surface area contributed by atoms with E-state index in [0.717, 1.165) is 17.0 Å². The molecule has 7 heteroatoms. The van der Waals surface area contributed by atoms with Crippen molar-refractivity contribution < 1.29 is 9.53 Å². The maximum atomic E-state index is 11.9. The number of nitriles is 1. The monoisotopic (exact) mass is 322 g/mol. The first-order valence-corrected chi connectivity index (χ1v) is 8.02. The van der Waals surface area contributed by atoms with Crippen LogP contribution in [0.1, 0.15) is 29.9 Å². The molecule has 0 aromatic carbocycles. The van der Waals surface area contributed by atoms with Gasteiger partial charge in [0, 0.05) is 24.4 Å². The third kappa shape index (κ3) is 3.97. The molecule has 0 saturated heterocycles. The van der Waals surface area contributed by atoms with Gasteiger partial charge in [-0.25, -0.2) is 4.79 Å². The van der Waals surface area contributed by atoms with Crippen LogP contribution < -0.4 is 10.6 Å². The lowest BCUT2D eigenvalue weighted by atomic mass is 9.93. The Morgan fingerprint density at radius 3 is 2.86 bits per heavy atom. The summed E-state index contributed by atoms with van der Waals surface area (Å²) >= 11 is 1.43. The van der Waals surface area contributed by atoms with Crippen LogP contribution in [0.15, 0.2) is 0 Å². The molecule has 0 atom stereocenters. The molecule has 1 aromatic heterocycles. The number of hydrogen-bond donors (Lipinski definition) is 2. The van der Waals surface area contributed by atoms with Crippen LogP contribution in [0.25, 0.3) is 0 Å². The second kappa shape index (κ2) is 6.65. The van der Waals surface area contributed by atoms with Gasteiger partial charge in [-0.2, -0.15) is 5.26 Å². The van der Waals surface area contributed by atoms with E-state index in [0.29, 0.717) is 30.1 Å². The van der Waals surface area contributed by atoms with E-state index in [1.165, 1.54) is 11.3 Å². The van der Waals surface area contributed by atoms with Crippen molar-refractivity contribution in [1.82, 2.24) is 10.2 Å². The highest BCUT2D eigenvalue weighted by Gasteiger charge is 2.31. The van der Waals surface area contributed by atoms with Crippen molar-refractivity contribution >= 4 is 22.4 Å². The minimum absolute atomic E-state index is 0.273. The Balaban J connectivity index is 2.08. The molecule has 0 saturated carbocycles. The van der Waals surface area contributed by atoms with Crippen molar-refractivity contribution in [2.45, 2.75) is 32.5 Å². The zero-order valence-corrected chi connectivity index (χ0v) is 14.3. The normalized spacial score (nSPS) is 16.0. The number of carbonyl (C=O) groups is 1. The van der Waals surface area contributed by atoms with Crippen molar-refractivity contribution in [3.63, 3.8) is 0 Å². The molecule has 0 unspecified atom stereocenters. The summed E-state index contributed by atoms with van der Waals surface area (Å²) in [4.78, 5) is 14.9. The molecule has 0 aliphatic carbocycles. The van der Waals surface area contributed by atoms with Gasteiger partial charge in [0.25, 0.3) is 0 Å². The van der Waals surface area contributed by atoms with E-state index in [4.69, 9.17) is 4.74 Å². The number of ether oxygens (including phenoxy) is 1. The van der Waals surface area contributed by atoms with E-state index in [-0.39, 0.29) is 11.6 Å². The van der Waals surface area contributed by atoms with Gasteiger partial charge in [-0.15, -0.1) is 11.3 Å². The molecule has 0 spiro atoms. The summed E-state index contributed by atoms with van der Waals surface area (Å²) in [6, 6.07) is 1.94. The average molecular weight is 322 g/mol. The number of fused-ring (bicyclic) bond motifs is 1. The maximum Gasteiger partial charge on any atom is 0.319 e. The number of rotatable bonds is 4. The quantitative estimate of drug-likeness (QED) is 0.890. The number of nitrogens with zero attached hydrogens (tertiary/aromatic N) is 2. The first-order chi connectivity index (χ1) is 10.3. The first-order valence-electron chi connectivity index (χ1n) is 7.20. The largest absolute Gasteiger partial charge is 0.370 e. The Labute approximate surface area is 135 Å². The predicted octanol–water partition coefficient (Wildman–Crippen LogP) is 2.15. The van der Waals surface area contributed by atoms with E-state index in [2.05, 4.69) is 16.7 Å². The molecular formula is C15H22N4O2S. The van der Waals surface area contributed by atoms with Crippen LogP contribution in [0.3, 0.4) is 0 Å². The molecule has 6 nitrogen and oxygen atoms in total. The third-order valence-electron chi connectivity index (χ3n) is 3.47. The molecule has 0 radical (unpaired) electrons. The fraction of sp³-hybridized carbons (Fsp3) is 0.600. The van der Waals surface area contributed by atoms with E-state index in [9.17, 15) is 10.1 Å². The average Bonchev–Trinajstić information content (AvgIpc) is 2.73. The van der Waals surface area contributed by atoms with Crippen LogP contribution in [0.5, 0.6) is 0 Å². The number of hydrogen-bond acceptors (Lipinski definition) is 5. The van der Waals surface area contributed by atoms with E-state index in [1.807, 2.05) is 32.8 Å². The second-order valence-corrected chi connectivity index (χ2v) is 7.33. The van der Waals surface area contributed by atoms with Crippen LogP contribution in [0.4, 0.5) is 9.80 Å². The number of anilines is 1. The van der Waals surface area contributed by atoms with Crippen molar-refractivity contribution in [3.8, 4) is 6.07 Å². The van der Waals surface area contributed by atoms with Crippen LogP contribution in [-0.4, -0.2) is 43.7 Å². The smallest absolute Gasteiger partial charge is 0.319 e. The molecule has 22 heavy (non-hydrogen) atoms. The summed E-state index contributed by atoms with van der Waals surface area (Å²) < 4.78 is 5.77. The number of thiophene rings is 1. The minimum atomic E-state index is -0.280. The van der Waals surface area contributed by atoms with E-state index >= 15 is 0 Å². The van der Waals surface area contributed by atoms with Gasteiger partial charge >= 0.3 is 6.03 Å². The van der Waals surface area contributed by atoms with E-state index < -0.39 is 0 Å². The zero-order valence-electron chi connectivity index (χ0n) is 13.4. The lowest BCUT2D eigenvalue weighted by molar-refractivity contribution is -0.0383. The molecule has 2 rings (SSSR count). The molecular weight excluding hydrogens is 300 g/mol. The maximum absolute atomic E-state index is 11.9. The Morgan fingerprint density at radius 2 is 2.23 bits per heavy atom. The molecule has 120 valence electrons. The van der Waals surface area contributed by atoms with Gasteiger partial charge in [0.1, 0.15) is 11.1 Å². The summed E-state index contributed by atoms with van der Waals surface area (Å²) in [6.45, 7) is 5.83. The Bertz CT molecular complexity index is 601. The van der Waals surface area contributed by atoms with Gasteiger partial charge in [-0.05, 0) is 33.5 Å². The molecule has 0 bridgehead atoms. The SMILES string of the molecule is CN(C)CCNC(=O)Nc1sc2c(c1C#N)CC(C)(C)OC2. The highest BCUT2D eigenvalue weighted by molar-refractivity contribution is 7.16. The molecule has 1 aliphatic rings. The van der Waals surface area contributed by atoms with Gasteiger partial charge in [0.15, 0.2) is 0 Å². The van der Waals surface area contributed by atoms with Crippen LogP contribution in [-0.2, 0) is 17.8 Å². The Kier molecular flexibility index (Phi) is 5.06. The van der Waals surface area contributed by atoms with Crippen LogP contribution in [0, 0.1) is 11.3 Å². The third-order valence-corrected chi connectivity index (χ3v) is 4.59. The van der Waals surface area contributed by atoms with Gasteiger partial charge in [0.2, 0.25) is 0 Å². The highest BCUT2D eigenvalue weighted by atomic mass is 32.1. The molecule has 2 amide bonds. The molecule has 2 N–H and O–H groups in total. The summed E-state index contributed by atoms with van der Waals surface area (Å²) in [5, 5.41) is 15.6. The number of urea groups is 1. The van der Waals surface area contributed by atoms with Crippen molar-refractivity contribution in [3.05, 3.63) is 16.0 Å². The van der Waals surface area contributed by atoms with Crippen LogP contribution >= 0.6 is 11.3 Å². The lowest BCUT2D eigenvalue weighted by Crippen LogP contribution is -2.34. The minimum Gasteiger partial charge on any atom is -0.370 e. The number of likely N-dealkylation sites (N-methyl/N-ethyl adjacent to an activating group) is 1. The van der Waals surface area contributed by atoms with E-state index in [1.54, 1.807) is 0 Å². The van der Waals surface area contributed by atoms with Crippen molar-refractivity contribution in [2.24, 2.45) is 0 Å². The number of amides is 2. The highest BCUT2D eigenvalue weighted by Crippen LogP contribution is 2.39. The topological polar surface area (TPSA) is 77.4 Å². The Morgan fingerprint density at radius 1 is 1.50 bits per heavy atom. The first kappa shape index (κ1) is 16.7.